The zero-order valence-electron chi connectivity index (χ0n) is 35.1. The third-order valence-electron chi connectivity index (χ3n) is 12.8. The van der Waals surface area contributed by atoms with Crippen LogP contribution in [0.25, 0.3) is 93.5 Å². The van der Waals surface area contributed by atoms with Crippen LogP contribution in [0.4, 0.5) is 17.1 Å². The Morgan fingerprint density at radius 3 is 1.58 bits per heavy atom. The number of aromatic nitrogens is 1. The van der Waals surface area contributed by atoms with Crippen LogP contribution in [0.1, 0.15) is 0 Å². The zero-order valence-corrected chi connectivity index (χ0v) is 35.1. The number of para-hydroxylation sites is 3. The molecule has 64 heavy (non-hydrogen) atoms. The van der Waals surface area contributed by atoms with Crippen molar-refractivity contribution in [3.63, 3.8) is 0 Å². The molecule has 0 fully saturated rings. The van der Waals surface area contributed by atoms with E-state index in [1.54, 1.807) is 0 Å². The minimum atomic E-state index is 1.08. The van der Waals surface area contributed by atoms with E-state index >= 15 is 0 Å². The highest BCUT2D eigenvalue weighted by Gasteiger charge is 2.23. The van der Waals surface area contributed by atoms with Gasteiger partial charge in [0.1, 0.15) is 0 Å². The molecule has 0 aliphatic carbocycles. The Bertz CT molecular complexity index is 3680. The summed E-state index contributed by atoms with van der Waals surface area (Å²) in [6.45, 7) is 0. The summed E-state index contributed by atoms with van der Waals surface area (Å²) in [6, 6.07) is 92.8. The minimum absolute atomic E-state index is 1.08. The van der Waals surface area contributed by atoms with Crippen LogP contribution in [-0.2, 0) is 0 Å². The molecule has 0 bridgehead atoms. The lowest BCUT2D eigenvalue weighted by atomic mass is 9.88. The molecular formula is C62H42N2. The van der Waals surface area contributed by atoms with Gasteiger partial charge in [-0.1, -0.05) is 206 Å². The van der Waals surface area contributed by atoms with Crippen LogP contribution in [0.15, 0.2) is 255 Å². The van der Waals surface area contributed by atoms with Crippen molar-refractivity contribution in [1.29, 1.82) is 0 Å². The fraction of sp³-hybridized carbons (Fsp3) is 0. The maximum absolute atomic E-state index is 2.49. The molecule has 0 unspecified atom stereocenters. The standard InChI is InChI=1S/C62H42N2/c1-3-20-43(21-4-1)49-27-9-10-29-51(49)53-31-11-12-32-54(53)55-33-15-17-36-59(55)64(62-42-46-22-7-8-28-50(46)52-30-13-14-34-56(52)62)48-26-19-23-44(40-48)45-38-39-58-57-35-16-18-37-60(57)63(61(58)41-45)47-24-5-2-6-25-47/h1-42H. The van der Waals surface area contributed by atoms with E-state index in [4.69, 9.17) is 0 Å². The monoisotopic (exact) mass is 814 g/mol. The number of anilines is 3. The van der Waals surface area contributed by atoms with E-state index in [1.807, 2.05) is 0 Å². The van der Waals surface area contributed by atoms with Crippen molar-refractivity contribution in [2.75, 3.05) is 4.90 Å². The first kappa shape index (κ1) is 37.3. The Morgan fingerprint density at radius 1 is 0.266 bits per heavy atom. The molecule has 0 aliphatic heterocycles. The van der Waals surface area contributed by atoms with E-state index < -0.39 is 0 Å². The fourth-order valence-electron chi connectivity index (χ4n) is 9.89. The highest BCUT2D eigenvalue weighted by atomic mass is 15.1. The van der Waals surface area contributed by atoms with E-state index in [9.17, 15) is 0 Å². The van der Waals surface area contributed by atoms with E-state index in [-0.39, 0.29) is 0 Å². The molecule has 300 valence electrons. The van der Waals surface area contributed by atoms with Crippen molar-refractivity contribution < 1.29 is 0 Å². The maximum atomic E-state index is 2.49. The Morgan fingerprint density at radius 2 is 0.797 bits per heavy atom. The molecule has 12 rings (SSSR count). The molecule has 0 atom stereocenters. The number of rotatable bonds is 8. The van der Waals surface area contributed by atoms with Crippen molar-refractivity contribution in [3.8, 4) is 50.2 Å². The molecule has 0 saturated heterocycles. The number of benzene rings is 11. The van der Waals surface area contributed by atoms with Crippen LogP contribution >= 0.6 is 0 Å². The number of hydrogen-bond donors (Lipinski definition) is 0. The number of hydrogen-bond acceptors (Lipinski definition) is 1. The molecule has 0 saturated carbocycles. The van der Waals surface area contributed by atoms with Gasteiger partial charge in [-0.15, -0.1) is 0 Å². The second kappa shape index (κ2) is 15.8. The summed E-state index contributed by atoms with van der Waals surface area (Å²) in [6.07, 6.45) is 0. The second-order valence-electron chi connectivity index (χ2n) is 16.4. The first-order chi connectivity index (χ1) is 31.8. The van der Waals surface area contributed by atoms with Crippen LogP contribution in [0.3, 0.4) is 0 Å². The van der Waals surface area contributed by atoms with E-state index in [0.29, 0.717) is 0 Å². The van der Waals surface area contributed by atoms with Crippen molar-refractivity contribution in [2.45, 2.75) is 0 Å². The zero-order chi connectivity index (χ0) is 42.4. The molecule has 2 nitrogen and oxygen atoms in total. The van der Waals surface area contributed by atoms with Gasteiger partial charge in [-0.05, 0) is 104 Å². The van der Waals surface area contributed by atoms with Gasteiger partial charge in [0.15, 0.2) is 0 Å². The molecule has 0 N–H and O–H groups in total. The predicted molar refractivity (Wildman–Crippen MR) is 272 cm³/mol. The van der Waals surface area contributed by atoms with Gasteiger partial charge < -0.3 is 9.47 Å². The van der Waals surface area contributed by atoms with Gasteiger partial charge in [0.2, 0.25) is 0 Å². The van der Waals surface area contributed by atoms with Gasteiger partial charge >= 0.3 is 0 Å². The lowest BCUT2D eigenvalue weighted by Gasteiger charge is -2.30. The summed E-state index contributed by atoms with van der Waals surface area (Å²) in [7, 11) is 0. The highest BCUT2D eigenvalue weighted by molar-refractivity contribution is 6.15. The van der Waals surface area contributed by atoms with Crippen molar-refractivity contribution >= 4 is 60.4 Å². The predicted octanol–water partition coefficient (Wildman–Crippen LogP) is 17.2. The molecule has 1 heterocycles. The Labute approximate surface area is 373 Å². The third-order valence-corrected chi connectivity index (χ3v) is 12.8. The molecular weight excluding hydrogens is 773 g/mol. The van der Waals surface area contributed by atoms with E-state index in [0.717, 1.165) is 39.4 Å². The molecule has 12 aromatic rings. The summed E-state index contributed by atoms with van der Waals surface area (Å²) in [5.74, 6) is 0. The van der Waals surface area contributed by atoms with Gasteiger partial charge in [0.05, 0.1) is 22.4 Å². The third kappa shape index (κ3) is 6.35. The lowest BCUT2D eigenvalue weighted by Crippen LogP contribution is -2.12. The van der Waals surface area contributed by atoms with Crippen LogP contribution < -0.4 is 4.90 Å². The van der Waals surface area contributed by atoms with Crippen LogP contribution in [0.2, 0.25) is 0 Å². The molecule has 0 radical (unpaired) electrons. The van der Waals surface area contributed by atoms with Crippen molar-refractivity contribution in [3.05, 3.63) is 255 Å². The Kier molecular flexibility index (Phi) is 9.20. The molecule has 2 heteroatoms. The Hall–Kier alpha value is -8.46. The van der Waals surface area contributed by atoms with Crippen LogP contribution in [0.5, 0.6) is 0 Å². The van der Waals surface area contributed by atoms with Gasteiger partial charge in [0, 0.05) is 33.1 Å². The molecule has 11 aromatic carbocycles. The average Bonchev–Trinajstić information content (AvgIpc) is 3.71. The largest absolute Gasteiger partial charge is 0.309 e. The normalized spacial score (nSPS) is 11.4. The highest BCUT2D eigenvalue weighted by Crippen LogP contribution is 2.48. The summed E-state index contributed by atoms with van der Waals surface area (Å²) >= 11 is 0. The van der Waals surface area contributed by atoms with Gasteiger partial charge in [-0.3, -0.25) is 0 Å². The summed E-state index contributed by atoms with van der Waals surface area (Å²) < 4.78 is 2.40. The van der Waals surface area contributed by atoms with E-state index in [2.05, 4.69) is 264 Å². The first-order valence-corrected chi connectivity index (χ1v) is 22.0. The smallest absolute Gasteiger partial charge is 0.0547 e. The van der Waals surface area contributed by atoms with Crippen LogP contribution in [-0.4, -0.2) is 4.57 Å². The van der Waals surface area contributed by atoms with E-state index in [1.165, 1.54) is 71.2 Å². The molecule has 0 amide bonds. The molecule has 0 spiro atoms. The quantitative estimate of drug-likeness (QED) is 0.139. The van der Waals surface area contributed by atoms with Gasteiger partial charge in [-0.25, -0.2) is 0 Å². The van der Waals surface area contributed by atoms with Gasteiger partial charge in [0.25, 0.3) is 0 Å². The maximum Gasteiger partial charge on any atom is 0.0547 e. The topological polar surface area (TPSA) is 8.17 Å². The first-order valence-electron chi connectivity index (χ1n) is 22.0. The van der Waals surface area contributed by atoms with Crippen molar-refractivity contribution in [1.82, 2.24) is 4.57 Å². The lowest BCUT2D eigenvalue weighted by molar-refractivity contribution is 1.18. The minimum Gasteiger partial charge on any atom is -0.309 e. The van der Waals surface area contributed by atoms with Gasteiger partial charge in [-0.2, -0.15) is 0 Å². The summed E-state index contributed by atoms with van der Waals surface area (Å²) in [5, 5.41) is 7.35. The molecule has 0 aliphatic rings. The number of fused-ring (bicyclic) bond motifs is 6. The van der Waals surface area contributed by atoms with Crippen molar-refractivity contribution in [2.24, 2.45) is 0 Å². The number of nitrogens with zero attached hydrogens (tertiary/aromatic N) is 2. The molecule has 1 aromatic heterocycles. The fourth-order valence-corrected chi connectivity index (χ4v) is 9.89. The summed E-state index contributed by atoms with van der Waals surface area (Å²) in [4.78, 5) is 2.49. The average molecular weight is 815 g/mol. The second-order valence-corrected chi connectivity index (χ2v) is 16.4. The summed E-state index contributed by atoms with van der Waals surface area (Å²) in [5.41, 5.74) is 16.3. The van der Waals surface area contributed by atoms with Crippen LogP contribution in [0, 0.1) is 0 Å². The SMILES string of the molecule is c1ccc(-c2ccccc2-c2ccccc2-c2ccccc2N(c2cccc(-c3ccc4c5ccccc5n(-c5ccccc5)c4c3)c2)c2cc3ccccc3c3ccccc23)cc1. The Balaban J connectivity index is 1.09.